The van der Waals surface area contributed by atoms with Crippen LogP contribution in [0.2, 0.25) is 0 Å². The molecule has 2 aromatic rings. The first-order chi connectivity index (χ1) is 15.7. The van der Waals surface area contributed by atoms with Crippen molar-refractivity contribution in [2.45, 2.75) is 58.9 Å². The third-order valence-electron chi connectivity index (χ3n) is 7.11. The standard InChI is InChI=1S/C25H32N4O3S/c1-5-25(23(31)29(24(32)27-25)11-8-21-18(4)26-15-33-21)20-6-9-28(10-7-20)22(30)19-13-16(2)12-17(3)14-19/h12-15,20H,5-11H2,1-4H3,(H,27,32)/t25-/m0/s1. The molecule has 33 heavy (non-hydrogen) atoms. The van der Waals surface area contributed by atoms with E-state index in [1.165, 1.54) is 4.90 Å². The van der Waals surface area contributed by atoms with Crippen molar-refractivity contribution in [1.82, 2.24) is 20.1 Å². The molecule has 2 saturated heterocycles. The molecular formula is C25H32N4O3S. The summed E-state index contributed by atoms with van der Waals surface area (Å²) in [6.45, 7) is 9.43. The Hall–Kier alpha value is -2.74. The van der Waals surface area contributed by atoms with Gasteiger partial charge < -0.3 is 10.2 Å². The van der Waals surface area contributed by atoms with Crippen LogP contribution in [0.1, 0.15) is 58.2 Å². The van der Waals surface area contributed by atoms with Crippen molar-refractivity contribution >= 4 is 29.2 Å². The SMILES string of the molecule is CC[C@@]1(C2CCN(C(=O)c3cc(C)cc(C)c3)CC2)NC(=O)N(CCc2scnc2C)C1=O. The fourth-order valence-corrected chi connectivity index (χ4v) is 6.06. The van der Waals surface area contributed by atoms with Gasteiger partial charge in [-0.05, 0) is 58.1 Å². The topological polar surface area (TPSA) is 82.6 Å². The molecule has 1 atom stereocenters. The molecule has 0 radical (unpaired) electrons. The van der Waals surface area contributed by atoms with E-state index in [1.807, 2.05) is 44.7 Å². The van der Waals surface area contributed by atoms with Gasteiger partial charge in [0.2, 0.25) is 0 Å². The second-order valence-corrected chi connectivity index (χ2v) is 10.2. The molecule has 0 unspecified atom stereocenters. The van der Waals surface area contributed by atoms with E-state index in [1.54, 1.807) is 16.8 Å². The van der Waals surface area contributed by atoms with Crippen molar-refractivity contribution in [1.29, 1.82) is 0 Å². The number of imide groups is 1. The van der Waals surface area contributed by atoms with Crippen LogP contribution in [0.3, 0.4) is 0 Å². The number of urea groups is 1. The average Bonchev–Trinajstić information content (AvgIpc) is 3.31. The molecule has 2 aliphatic rings. The predicted molar refractivity (Wildman–Crippen MR) is 128 cm³/mol. The van der Waals surface area contributed by atoms with Crippen molar-refractivity contribution in [3.8, 4) is 0 Å². The van der Waals surface area contributed by atoms with Crippen LogP contribution in [0.5, 0.6) is 0 Å². The molecule has 0 bridgehead atoms. The van der Waals surface area contributed by atoms with E-state index < -0.39 is 5.54 Å². The maximum absolute atomic E-state index is 13.5. The van der Waals surface area contributed by atoms with Crippen LogP contribution in [0.25, 0.3) is 0 Å². The summed E-state index contributed by atoms with van der Waals surface area (Å²) in [6.07, 6.45) is 2.55. The first kappa shape index (κ1) is 23.4. The summed E-state index contributed by atoms with van der Waals surface area (Å²) in [5, 5.41) is 3.04. The molecule has 2 aliphatic heterocycles. The molecule has 176 valence electrons. The fraction of sp³-hybridized carbons (Fsp3) is 0.520. The zero-order valence-electron chi connectivity index (χ0n) is 19.8. The van der Waals surface area contributed by atoms with Crippen molar-refractivity contribution in [3.63, 3.8) is 0 Å². The summed E-state index contributed by atoms with van der Waals surface area (Å²) in [5.41, 5.74) is 4.73. The van der Waals surface area contributed by atoms with Gasteiger partial charge in [-0.25, -0.2) is 9.78 Å². The Balaban J connectivity index is 1.43. The molecule has 1 aromatic carbocycles. The van der Waals surface area contributed by atoms with Gasteiger partial charge in [-0.15, -0.1) is 11.3 Å². The highest BCUT2D eigenvalue weighted by Gasteiger charge is 2.54. The van der Waals surface area contributed by atoms with Gasteiger partial charge in [-0.3, -0.25) is 14.5 Å². The van der Waals surface area contributed by atoms with E-state index in [9.17, 15) is 14.4 Å². The number of carbonyl (C=O) groups excluding carboxylic acids is 3. The van der Waals surface area contributed by atoms with Gasteiger partial charge in [-0.2, -0.15) is 0 Å². The minimum absolute atomic E-state index is 0.0115. The molecule has 8 heteroatoms. The van der Waals surface area contributed by atoms with E-state index >= 15 is 0 Å². The maximum atomic E-state index is 13.5. The second kappa shape index (κ2) is 9.25. The number of piperidine rings is 1. The Labute approximate surface area is 199 Å². The second-order valence-electron chi connectivity index (χ2n) is 9.27. The Bertz CT molecular complexity index is 1050. The van der Waals surface area contributed by atoms with E-state index in [-0.39, 0.29) is 23.8 Å². The summed E-state index contributed by atoms with van der Waals surface area (Å²) in [6, 6.07) is 5.61. The van der Waals surface area contributed by atoms with Gasteiger partial charge >= 0.3 is 6.03 Å². The smallest absolute Gasteiger partial charge is 0.325 e. The van der Waals surface area contributed by atoms with Crippen molar-refractivity contribution in [3.05, 3.63) is 51.0 Å². The quantitative estimate of drug-likeness (QED) is 0.653. The number of aromatic nitrogens is 1. The molecule has 0 aliphatic carbocycles. The number of nitrogens with one attached hydrogen (secondary N) is 1. The molecule has 1 N–H and O–H groups in total. The molecule has 0 spiro atoms. The third-order valence-corrected chi connectivity index (χ3v) is 8.11. The normalized spacial score (nSPS) is 21.6. The monoisotopic (exact) mass is 468 g/mol. The molecule has 7 nitrogen and oxygen atoms in total. The van der Waals surface area contributed by atoms with Crippen LogP contribution in [0.15, 0.2) is 23.7 Å². The fourth-order valence-electron chi connectivity index (χ4n) is 5.29. The largest absolute Gasteiger partial charge is 0.339 e. The van der Waals surface area contributed by atoms with Crippen LogP contribution >= 0.6 is 11.3 Å². The molecule has 0 saturated carbocycles. The van der Waals surface area contributed by atoms with Crippen molar-refractivity contribution in [2.75, 3.05) is 19.6 Å². The third kappa shape index (κ3) is 4.40. The lowest BCUT2D eigenvalue weighted by Crippen LogP contribution is -2.56. The molecule has 1 aromatic heterocycles. The van der Waals surface area contributed by atoms with Crippen LogP contribution in [-0.2, 0) is 11.2 Å². The van der Waals surface area contributed by atoms with Gasteiger partial charge in [0, 0.05) is 36.5 Å². The average molecular weight is 469 g/mol. The minimum Gasteiger partial charge on any atom is -0.339 e. The first-order valence-electron chi connectivity index (χ1n) is 11.7. The highest BCUT2D eigenvalue weighted by atomic mass is 32.1. The number of benzene rings is 1. The summed E-state index contributed by atoms with van der Waals surface area (Å²) < 4.78 is 0. The van der Waals surface area contributed by atoms with Gasteiger partial charge in [-0.1, -0.05) is 24.1 Å². The molecule has 2 fully saturated rings. The number of amides is 4. The predicted octanol–water partition coefficient (Wildman–Crippen LogP) is 3.86. The lowest BCUT2D eigenvalue weighted by Gasteiger charge is -2.40. The first-order valence-corrected chi connectivity index (χ1v) is 12.5. The van der Waals surface area contributed by atoms with Gasteiger partial charge in [0.25, 0.3) is 11.8 Å². The minimum atomic E-state index is -0.880. The van der Waals surface area contributed by atoms with Crippen LogP contribution in [0, 0.1) is 26.7 Å². The molecule has 3 heterocycles. The molecule has 4 rings (SSSR count). The highest BCUT2D eigenvalue weighted by molar-refractivity contribution is 7.09. The number of rotatable bonds is 6. The summed E-state index contributed by atoms with van der Waals surface area (Å²) in [4.78, 5) is 47.9. The zero-order valence-corrected chi connectivity index (χ0v) is 20.6. The van der Waals surface area contributed by atoms with E-state index in [4.69, 9.17) is 0 Å². The van der Waals surface area contributed by atoms with E-state index in [0.29, 0.717) is 50.9 Å². The summed E-state index contributed by atoms with van der Waals surface area (Å²) in [5.74, 6) is -0.0808. The lowest BCUT2D eigenvalue weighted by atomic mass is 9.75. The maximum Gasteiger partial charge on any atom is 0.325 e. The van der Waals surface area contributed by atoms with E-state index in [0.717, 1.165) is 21.7 Å². The number of hydrogen-bond donors (Lipinski definition) is 1. The van der Waals surface area contributed by atoms with Crippen LogP contribution < -0.4 is 5.32 Å². The van der Waals surface area contributed by atoms with E-state index in [2.05, 4.69) is 16.4 Å². The highest BCUT2D eigenvalue weighted by Crippen LogP contribution is 2.36. The summed E-state index contributed by atoms with van der Waals surface area (Å²) >= 11 is 1.55. The van der Waals surface area contributed by atoms with Crippen molar-refractivity contribution in [2.24, 2.45) is 5.92 Å². The Morgan fingerprint density at radius 3 is 2.39 bits per heavy atom. The van der Waals surface area contributed by atoms with Gasteiger partial charge in [0.1, 0.15) is 5.54 Å². The number of hydrogen-bond acceptors (Lipinski definition) is 5. The Morgan fingerprint density at radius 1 is 1.15 bits per heavy atom. The molecular weight excluding hydrogens is 436 g/mol. The number of thiazole rings is 1. The number of aryl methyl sites for hydroxylation is 3. The Kier molecular flexibility index (Phi) is 6.56. The van der Waals surface area contributed by atoms with Crippen molar-refractivity contribution < 1.29 is 14.4 Å². The summed E-state index contributed by atoms with van der Waals surface area (Å²) in [7, 11) is 0. The lowest BCUT2D eigenvalue weighted by molar-refractivity contribution is -0.134. The zero-order chi connectivity index (χ0) is 23.8. The van der Waals surface area contributed by atoms with Crippen LogP contribution in [-0.4, -0.2) is 57.8 Å². The number of likely N-dealkylation sites (tertiary alicyclic amines) is 1. The van der Waals surface area contributed by atoms with Gasteiger partial charge in [0.05, 0.1) is 11.2 Å². The molecule has 4 amide bonds. The Morgan fingerprint density at radius 2 is 1.82 bits per heavy atom. The number of carbonyl (C=O) groups is 3. The van der Waals surface area contributed by atoms with Gasteiger partial charge in [0.15, 0.2) is 0 Å². The number of nitrogens with zero attached hydrogens (tertiary/aromatic N) is 3. The van der Waals surface area contributed by atoms with Crippen LogP contribution in [0.4, 0.5) is 4.79 Å².